The summed E-state index contributed by atoms with van der Waals surface area (Å²) >= 11 is 0. The number of pyridine rings is 1. The number of aromatic nitrogens is 1. The minimum atomic E-state index is -1.21. The molecule has 1 aromatic rings. The third-order valence-corrected chi connectivity index (χ3v) is 2.22. The maximum atomic E-state index is 12.7. The van der Waals surface area contributed by atoms with Crippen LogP contribution in [0.2, 0.25) is 0 Å². The fraction of sp³-hybridized carbons (Fsp3) is 0.462. The molecule has 1 heterocycles. The summed E-state index contributed by atoms with van der Waals surface area (Å²) in [5.41, 5.74) is -0.222. The van der Waals surface area contributed by atoms with Crippen LogP contribution in [0, 0.1) is 5.95 Å². The van der Waals surface area contributed by atoms with Gasteiger partial charge in [-0.25, -0.2) is 14.6 Å². The first-order chi connectivity index (χ1) is 9.17. The topological polar surface area (TPSA) is 88.5 Å². The lowest BCUT2D eigenvalue weighted by Crippen LogP contribution is -2.44. The second-order valence-electron chi connectivity index (χ2n) is 5.23. The average molecular weight is 284 g/mol. The number of ether oxygens (including phenoxy) is 1. The number of hydrogen-bond acceptors (Lipinski definition) is 4. The zero-order valence-electron chi connectivity index (χ0n) is 11.5. The van der Waals surface area contributed by atoms with Gasteiger partial charge in [0.15, 0.2) is 0 Å². The predicted octanol–water partition coefficient (Wildman–Crippen LogP) is 1.74. The van der Waals surface area contributed by atoms with Gasteiger partial charge in [-0.05, 0) is 32.4 Å². The van der Waals surface area contributed by atoms with E-state index in [0.29, 0.717) is 5.56 Å². The van der Waals surface area contributed by atoms with E-state index in [2.05, 4.69) is 10.3 Å². The fourth-order valence-electron chi connectivity index (χ4n) is 1.41. The number of nitrogens with zero attached hydrogens (tertiary/aromatic N) is 1. The number of carboxylic acid groups (broad SMARTS) is 1. The Balaban J connectivity index is 2.68. The molecule has 2 N–H and O–H groups in total. The van der Waals surface area contributed by atoms with Gasteiger partial charge in [-0.1, -0.05) is 6.07 Å². The van der Waals surface area contributed by atoms with Crippen LogP contribution in [0.4, 0.5) is 9.18 Å². The number of amides is 1. The van der Waals surface area contributed by atoms with E-state index in [0.717, 1.165) is 6.07 Å². The first-order valence-electron chi connectivity index (χ1n) is 6.00. The van der Waals surface area contributed by atoms with Crippen LogP contribution in [0.25, 0.3) is 0 Å². The van der Waals surface area contributed by atoms with Gasteiger partial charge < -0.3 is 15.2 Å². The molecule has 0 aliphatic carbocycles. The molecule has 0 aliphatic rings. The molecule has 0 unspecified atom stereocenters. The first kappa shape index (κ1) is 15.9. The van der Waals surface area contributed by atoms with E-state index in [-0.39, 0.29) is 6.42 Å². The Labute approximate surface area is 116 Å². The summed E-state index contributed by atoms with van der Waals surface area (Å²) in [7, 11) is 0. The Kier molecular flexibility index (Phi) is 5.01. The second-order valence-corrected chi connectivity index (χ2v) is 5.23. The average Bonchev–Trinajstić information content (AvgIpc) is 2.28. The standard InChI is InChI=1S/C13H17FN2O4/c1-13(2,3)20-12(19)16-9(11(17)18)6-8-4-5-10(14)15-7-8/h4-5,7,9H,6H2,1-3H3,(H,16,19)(H,17,18)/t9-/m0/s1. The third kappa shape index (κ3) is 5.64. The van der Waals surface area contributed by atoms with Crippen LogP contribution in [0.1, 0.15) is 26.3 Å². The molecule has 0 fully saturated rings. The lowest BCUT2D eigenvalue weighted by Gasteiger charge is -2.22. The van der Waals surface area contributed by atoms with Crippen molar-refractivity contribution >= 4 is 12.1 Å². The van der Waals surface area contributed by atoms with Crippen molar-refractivity contribution in [2.45, 2.75) is 38.8 Å². The van der Waals surface area contributed by atoms with Gasteiger partial charge in [-0.2, -0.15) is 4.39 Å². The van der Waals surface area contributed by atoms with E-state index in [1.54, 1.807) is 20.8 Å². The molecule has 1 rings (SSSR count). The number of nitrogens with one attached hydrogen (secondary N) is 1. The van der Waals surface area contributed by atoms with Crippen LogP contribution in [-0.2, 0) is 16.0 Å². The zero-order chi connectivity index (χ0) is 15.3. The molecule has 0 aromatic carbocycles. The summed E-state index contributed by atoms with van der Waals surface area (Å²) in [6.07, 6.45) is 0.393. The number of hydrogen-bond donors (Lipinski definition) is 2. The van der Waals surface area contributed by atoms with Crippen LogP contribution >= 0.6 is 0 Å². The van der Waals surface area contributed by atoms with Gasteiger partial charge in [-0.3, -0.25) is 0 Å². The van der Waals surface area contributed by atoms with Gasteiger partial charge in [0.1, 0.15) is 11.6 Å². The molecule has 7 heteroatoms. The Morgan fingerprint density at radius 2 is 2.10 bits per heavy atom. The van der Waals surface area contributed by atoms with Crippen molar-refractivity contribution in [3.05, 3.63) is 29.8 Å². The maximum Gasteiger partial charge on any atom is 0.408 e. The van der Waals surface area contributed by atoms with Crippen molar-refractivity contribution in [1.29, 1.82) is 0 Å². The SMILES string of the molecule is CC(C)(C)OC(=O)N[C@@H](Cc1ccc(F)nc1)C(=O)O. The van der Waals surface area contributed by atoms with E-state index in [1.807, 2.05) is 0 Å². The summed E-state index contributed by atoms with van der Waals surface area (Å²) in [5.74, 6) is -1.86. The van der Waals surface area contributed by atoms with Crippen LogP contribution in [0.15, 0.2) is 18.3 Å². The largest absolute Gasteiger partial charge is 0.480 e. The van der Waals surface area contributed by atoms with Gasteiger partial charge in [0.25, 0.3) is 0 Å². The van der Waals surface area contributed by atoms with Gasteiger partial charge in [0.2, 0.25) is 5.95 Å². The van der Waals surface area contributed by atoms with Crippen molar-refractivity contribution in [3.8, 4) is 0 Å². The molecule has 20 heavy (non-hydrogen) atoms. The maximum absolute atomic E-state index is 12.7. The predicted molar refractivity (Wildman–Crippen MR) is 68.7 cm³/mol. The third-order valence-electron chi connectivity index (χ3n) is 2.22. The number of carbonyl (C=O) groups is 2. The monoisotopic (exact) mass is 284 g/mol. The van der Waals surface area contributed by atoms with Crippen molar-refractivity contribution < 1.29 is 23.8 Å². The Hall–Kier alpha value is -2.18. The molecule has 0 spiro atoms. The normalized spacial score (nSPS) is 12.6. The number of aliphatic carboxylic acids is 1. The molecule has 0 saturated carbocycles. The van der Waals surface area contributed by atoms with Crippen molar-refractivity contribution in [2.75, 3.05) is 0 Å². The van der Waals surface area contributed by atoms with E-state index < -0.39 is 29.7 Å². The highest BCUT2D eigenvalue weighted by molar-refractivity contribution is 5.80. The highest BCUT2D eigenvalue weighted by Gasteiger charge is 2.24. The summed E-state index contributed by atoms with van der Waals surface area (Å²) in [4.78, 5) is 26.1. The lowest BCUT2D eigenvalue weighted by molar-refractivity contribution is -0.139. The van der Waals surface area contributed by atoms with Gasteiger partial charge in [0, 0.05) is 12.6 Å². The molecule has 0 radical (unpaired) electrons. The minimum Gasteiger partial charge on any atom is -0.480 e. The van der Waals surface area contributed by atoms with Gasteiger partial charge in [0.05, 0.1) is 0 Å². The van der Waals surface area contributed by atoms with E-state index in [4.69, 9.17) is 9.84 Å². The summed E-state index contributed by atoms with van der Waals surface area (Å²) in [6, 6.07) is 1.37. The van der Waals surface area contributed by atoms with Crippen molar-refractivity contribution in [1.82, 2.24) is 10.3 Å². The number of halogens is 1. The Morgan fingerprint density at radius 1 is 1.45 bits per heavy atom. The van der Waals surface area contributed by atoms with Crippen LogP contribution < -0.4 is 5.32 Å². The molecule has 0 aliphatic heterocycles. The molecule has 1 amide bonds. The number of carbonyl (C=O) groups excluding carboxylic acids is 1. The highest BCUT2D eigenvalue weighted by atomic mass is 19.1. The van der Waals surface area contributed by atoms with Crippen LogP contribution in [-0.4, -0.2) is 33.8 Å². The number of alkyl carbamates (subject to hydrolysis) is 1. The zero-order valence-corrected chi connectivity index (χ0v) is 11.5. The quantitative estimate of drug-likeness (QED) is 0.822. The minimum absolute atomic E-state index is 0.0120. The van der Waals surface area contributed by atoms with Gasteiger partial charge >= 0.3 is 12.1 Å². The number of carboxylic acids is 1. The molecular weight excluding hydrogens is 267 g/mol. The first-order valence-corrected chi connectivity index (χ1v) is 6.00. The molecule has 0 bridgehead atoms. The van der Waals surface area contributed by atoms with E-state index in [9.17, 15) is 14.0 Å². The van der Waals surface area contributed by atoms with E-state index >= 15 is 0 Å². The Bertz CT molecular complexity index is 482. The molecule has 1 aromatic heterocycles. The molecule has 110 valence electrons. The van der Waals surface area contributed by atoms with Crippen LogP contribution in [0.3, 0.4) is 0 Å². The number of rotatable bonds is 4. The summed E-state index contributed by atoms with van der Waals surface area (Å²) in [5, 5.41) is 11.3. The molecule has 1 atom stereocenters. The summed E-state index contributed by atoms with van der Waals surface area (Å²) < 4.78 is 17.6. The van der Waals surface area contributed by atoms with Crippen molar-refractivity contribution in [2.24, 2.45) is 0 Å². The van der Waals surface area contributed by atoms with Crippen LogP contribution in [0.5, 0.6) is 0 Å². The second kappa shape index (κ2) is 6.31. The molecular formula is C13H17FN2O4. The lowest BCUT2D eigenvalue weighted by atomic mass is 10.1. The molecule has 6 nitrogen and oxygen atoms in total. The van der Waals surface area contributed by atoms with Crippen molar-refractivity contribution in [3.63, 3.8) is 0 Å². The van der Waals surface area contributed by atoms with Gasteiger partial charge in [-0.15, -0.1) is 0 Å². The smallest absolute Gasteiger partial charge is 0.408 e. The molecule has 0 saturated heterocycles. The highest BCUT2D eigenvalue weighted by Crippen LogP contribution is 2.08. The van der Waals surface area contributed by atoms with E-state index in [1.165, 1.54) is 12.3 Å². The fourth-order valence-corrected chi connectivity index (χ4v) is 1.41. The Morgan fingerprint density at radius 3 is 2.55 bits per heavy atom. The summed E-state index contributed by atoms with van der Waals surface area (Å²) in [6.45, 7) is 5.02.